The second kappa shape index (κ2) is 13.5. The summed E-state index contributed by atoms with van der Waals surface area (Å²) < 4.78 is 17.1. The summed E-state index contributed by atoms with van der Waals surface area (Å²) >= 11 is 0. The molecule has 6 N–H and O–H groups in total. The fraction of sp³-hybridized carbons (Fsp3) is 0.419. The molecule has 1 aliphatic heterocycles. The Bertz CT molecular complexity index is 1270. The first-order chi connectivity index (χ1) is 19.3. The molecule has 0 aromatic heterocycles. The van der Waals surface area contributed by atoms with Crippen molar-refractivity contribution in [2.45, 2.75) is 39.2 Å². The number of aliphatic imine (C=N–C) groups is 1. The van der Waals surface area contributed by atoms with E-state index >= 15 is 0 Å². The summed E-state index contributed by atoms with van der Waals surface area (Å²) in [5.41, 5.74) is 16.3. The lowest BCUT2D eigenvalue weighted by Crippen LogP contribution is -2.29. The first-order valence-corrected chi connectivity index (χ1v) is 13.9. The largest absolute Gasteiger partial charge is 0.490 e. The van der Waals surface area contributed by atoms with Crippen LogP contribution in [0.4, 0.5) is 5.69 Å². The van der Waals surface area contributed by atoms with E-state index in [0.717, 1.165) is 49.4 Å². The van der Waals surface area contributed by atoms with Crippen LogP contribution in [0.1, 0.15) is 33.1 Å². The van der Waals surface area contributed by atoms with E-state index in [1.165, 1.54) is 11.2 Å². The fourth-order valence-corrected chi connectivity index (χ4v) is 5.15. The predicted molar refractivity (Wildman–Crippen MR) is 157 cm³/mol. The number of ether oxygens (including phenoxy) is 3. The van der Waals surface area contributed by atoms with Gasteiger partial charge < -0.3 is 30.7 Å². The number of rotatable bonds is 11. The average Bonchev–Trinajstić information content (AvgIpc) is 3.75. The fourth-order valence-electron chi connectivity index (χ4n) is 5.15. The van der Waals surface area contributed by atoms with E-state index in [2.05, 4.69) is 13.0 Å². The molecule has 9 heteroatoms. The monoisotopic (exact) mass is 547 g/mol. The van der Waals surface area contributed by atoms with Crippen LogP contribution in [-0.4, -0.2) is 49.7 Å². The maximum Gasteiger partial charge on any atom is 0.341 e. The Hall–Kier alpha value is -3.82. The van der Waals surface area contributed by atoms with Gasteiger partial charge in [-0.2, -0.15) is 0 Å². The molecule has 3 unspecified atom stereocenters. The Labute approximate surface area is 236 Å². The second-order valence-corrected chi connectivity index (χ2v) is 10.4. The summed E-state index contributed by atoms with van der Waals surface area (Å²) in [7, 11) is 1.71. The van der Waals surface area contributed by atoms with Crippen LogP contribution in [0.5, 0.6) is 5.75 Å². The van der Waals surface area contributed by atoms with E-state index in [9.17, 15) is 4.79 Å². The van der Waals surface area contributed by atoms with E-state index in [0.29, 0.717) is 23.0 Å². The van der Waals surface area contributed by atoms with E-state index in [4.69, 9.17) is 36.5 Å². The van der Waals surface area contributed by atoms with Gasteiger partial charge in [-0.15, -0.1) is 0 Å². The molecule has 40 heavy (non-hydrogen) atoms. The number of hydrazine groups is 1. The van der Waals surface area contributed by atoms with Crippen molar-refractivity contribution < 1.29 is 19.0 Å². The number of nitrogens with zero attached hydrogens (tertiary/aromatic N) is 2. The van der Waals surface area contributed by atoms with Crippen LogP contribution >= 0.6 is 0 Å². The molecule has 4 rings (SSSR count). The number of hydrogen-bond donors (Lipinski definition) is 3. The van der Waals surface area contributed by atoms with Gasteiger partial charge in [0.1, 0.15) is 5.75 Å². The Morgan fingerprint density at radius 2 is 1.85 bits per heavy atom. The van der Waals surface area contributed by atoms with Crippen molar-refractivity contribution in [3.63, 3.8) is 0 Å². The third-order valence-electron chi connectivity index (χ3n) is 7.38. The topological polar surface area (TPSA) is 138 Å². The highest BCUT2D eigenvalue weighted by atomic mass is 16.5. The number of allylic oxidation sites excluding steroid dienone is 1. The van der Waals surface area contributed by atoms with Crippen molar-refractivity contribution in [2.75, 3.05) is 26.9 Å². The minimum Gasteiger partial charge on any atom is -0.490 e. The zero-order valence-corrected chi connectivity index (χ0v) is 23.6. The quantitative estimate of drug-likeness (QED) is 0.125. The summed E-state index contributed by atoms with van der Waals surface area (Å²) in [4.78, 5) is 17.7. The Kier molecular flexibility index (Phi) is 9.84. The van der Waals surface area contributed by atoms with Gasteiger partial charge >= 0.3 is 5.97 Å². The van der Waals surface area contributed by atoms with Crippen molar-refractivity contribution >= 4 is 17.4 Å². The number of carbonyl (C=O) groups is 1. The zero-order valence-electron chi connectivity index (χ0n) is 23.6. The molecule has 0 amide bonds. The predicted octanol–water partition coefficient (Wildman–Crippen LogP) is 4.27. The van der Waals surface area contributed by atoms with E-state index in [-0.39, 0.29) is 30.1 Å². The molecule has 2 fully saturated rings. The van der Waals surface area contributed by atoms with Gasteiger partial charge in [0, 0.05) is 50.2 Å². The summed E-state index contributed by atoms with van der Waals surface area (Å²) in [6, 6.07) is 16.0. The van der Waals surface area contributed by atoms with Crippen molar-refractivity contribution in [1.82, 2.24) is 5.01 Å². The zero-order chi connectivity index (χ0) is 28.6. The van der Waals surface area contributed by atoms with Crippen molar-refractivity contribution in [3.8, 4) is 16.9 Å². The van der Waals surface area contributed by atoms with Crippen LogP contribution in [0.2, 0.25) is 0 Å². The van der Waals surface area contributed by atoms with Crippen molar-refractivity contribution in [3.05, 3.63) is 72.2 Å². The molecule has 2 aromatic rings. The highest BCUT2D eigenvalue weighted by Gasteiger charge is 2.45. The highest BCUT2D eigenvalue weighted by molar-refractivity contribution is 6.22. The molecule has 0 spiro atoms. The van der Waals surface area contributed by atoms with E-state index in [1.54, 1.807) is 20.2 Å². The third kappa shape index (κ3) is 7.43. The standard InChI is InChI=1S/C31H41N5O4/c1-4-39-31(37)28(18-32)30(27-17-26(27)29(33)19-36(3)34)35-24-9-5-7-22(15-24)23-8-6-10-25(16-23)40-20(2)21-11-13-38-14-12-21/h5-10,15-16,18-21,26-27H,4,11-14,17,32-34H2,1-3H3/b28-18?,29-19-,35-30?. The van der Waals surface area contributed by atoms with Gasteiger partial charge in [0.2, 0.25) is 0 Å². The molecule has 2 aromatic carbocycles. The molecular formula is C31H41N5O4. The van der Waals surface area contributed by atoms with Gasteiger partial charge in [-0.25, -0.2) is 10.6 Å². The van der Waals surface area contributed by atoms with Crippen LogP contribution in [0.3, 0.4) is 0 Å². The Morgan fingerprint density at radius 1 is 1.15 bits per heavy atom. The molecule has 3 atom stereocenters. The number of hydrogen-bond acceptors (Lipinski definition) is 9. The lowest BCUT2D eigenvalue weighted by Gasteiger charge is -2.28. The lowest BCUT2D eigenvalue weighted by atomic mass is 9.95. The van der Waals surface area contributed by atoms with E-state index < -0.39 is 5.97 Å². The first-order valence-electron chi connectivity index (χ1n) is 13.9. The minimum absolute atomic E-state index is 0.00357. The maximum atomic E-state index is 12.8. The van der Waals surface area contributed by atoms with Gasteiger partial charge in [0.05, 0.1) is 29.7 Å². The molecule has 1 saturated heterocycles. The SMILES string of the molecule is CCOC(=O)C(=CN)C(=Nc1cccc(-c2cccc(OC(C)C3CCOCC3)c2)c1)C1CC1/C(N)=C/N(C)N. The van der Waals surface area contributed by atoms with Crippen LogP contribution in [0.25, 0.3) is 11.1 Å². The minimum atomic E-state index is -0.507. The van der Waals surface area contributed by atoms with Crippen molar-refractivity contribution in [2.24, 2.45) is 40.1 Å². The molecule has 214 valence electrons. The van der Waals surface area contributed by atoms with Crippen LogP contribution < -0.4 is 22.0 Å². The molecule has 1 heterocycles. The van der Waals surface area contributed by atoms with Gasteiger partial charge in [0.25, 0.3) is 0 Å². The van der Waals surface area contributed by atoms with Gasteiger partial charge in [-0.3, -0.25) is 4.99 Å². The molecule has 1 saturated carbocycles. The van der Waals surface area contributed by atoms with Crippen molar-refractivity contribution in [1.29, 1.82) is 0 Å². The highest BCUT2D eigenvalue weighted by Crippen LogP contribution is 2.46. The molecule has 9 nitrogen and oxygen atoms in total. The number of carbonyl (C=O) groups excluding carboxylic acids is 1. The van der Waals surface area contributed by atoms with Crippen LogP contribution in [0.15, 0.2) is 77.2 Å². The molecule has 0 radical (unpaired) electrons. The molecular weight excluding hydrogens is 506 g/mol. The van der Waals surface area contributed by atoms with Gasteiger partial charge in [0.15, 0.2) is 0 Å². The van der Waals surface area contributed by atoms with E-state index in [1.807, 2.05) is 42.5 Å². The molecule has 2 aliphatic rings. The lowest BCUT2D eigenvalue weighted by molar-refractivity contribution is -0.137. The summed E-state index contributed by atoms with van der Waals surface area (Å²) in [5.74, 6) is 6.48. The molecule has 0 bridgehead atoms. The summed E-state index contributed by atoms with van der Waals surface area (Å²) in [5, 5.41) is 1.41. The number of esters is 1. The smallest absolute Gasteiger partial charge is 0.341 e. The van der Waals surface area contributed by atoms with Crippen LogP contribution in [0, 0.1) is 17.8 Å². The Balaban J connectivity index is 1.61. The van der Waals surface area contributed by atoms with Gasteiger partial charge in [-0.1, -0.05) is 24.3 Å². The normalized spacial score (nSPS) is 21.1. The number of benzene rings is 2. The summed E-state index contributed by atoms with van der Waals surface area (Å²) in [6.07, 6.45) is 5.81. The summed E-state index contributed by atoms with van der Waals surface area (Å²) in [6.45, 7) is 5.70. The Morgan fingerprint density at radius 3 is 2.52 bits per heavy atom. The average molecular weight is 548 g/mol. The third-order valence-corrected chi connectivity index (χ3v) is 7.38. The van der Waals surface area contributed by atoms with Gasteiger partial charge in [-0.05, 0) is 74.4 Å². The first kappa shape index (κ1) is 29.2. The molecule has 1 aliphatic carbocycles. The second-order valence-electron chi connectivity index (χ2n) is 10.4. The maximum absolute atomic E-state index is 12.8. The number of nitrogens with two attached hydrogens (primary N) is 3. The van der Waals surface area contributed by atoms with Crippen LogP contribution in [-0.2, 0) is 14.3 Å².